The smallest absolute Gasteiger partial charge is 0.222 e. The summed E-state index contributed by atoms with van der Waals surface area (Å²) in [6, 6.07) is 18.1. The van der Waals surface area contributed by atoms with E-state index in [1.165, 1.54) is 0 Å². The van der Waals surface area contributed by atoms with E-state index in [-0.39, 0.29) is 12.3 Å². The molecule has 0 saturated carbocycles. The van der Waals surface area contributed by atoms with Crippen molar-refractivity contribution in [3.63, 3.8) is 0 Å². The minimum absolute atomic E-state index is 0.0979. The summed E-state index contributed by atoms with van der Waals surface area (Å²) in [5.41, 5.74) is 3.17. The summed E-state index contributed by atoms with van der Waals surface area (Å²) < 4.78 is 11.7. The predicted molar refractivity (Wildman–Crippen MR) is 108 cm³/mol. The number of methoxy groups -OCH3 is 1. The standard InChI is InChI=1S/C21H17ClN2O2S/c1-25-15-5-2-4-13(10-15)17-12-18-16-11-14(22)7-8-19(16)26-21(24(18)23-17)20-6-3-9-27-20/h2-11,18,21H,12H2,1H3/t18-,21-/m0/s1. The second-order valence-corrected chi connectivity index (χ2v) is 7.96. The van der Waals surface area contributed by atoms with Gasteiger partial charge in [0.05, 0.1) is 23.7 Å². The van der Waals surface area contributed by atoms with Gasteiger partial charge in [-0.3, -0.25) is 0 Å². The monoisotopic (exact) mass is 396 g/mol. The molecule has 2 atom stereocenters. The molecular formula is C21H17ClN2O2S. The SMILES string of the molecule is COc1cccc(C2=NN3[C@@H](C2)c2cc(Cl)ccc2O[C@H]3c2cccs2)c1. The summed E-state index contributed by atoms with van der Waals surface area (Å²) in [7, 11) is 1.68. The lowest BCUT2D eigenvalue weighted by atomic mass is 9.96. The van der Waals surface area contributed by atoms with Crippen LogP contribution in [0.15, 0.2) is 65.1 Å². The molecule has 3 heterocycles. The lowest BCUT2D eigenvalue weighted by Crippen LogP contribution is -2.33. The van der Waals surface area contributed by atoms with Crippen LogP contribution in [0.3, 0.4) is 0 Å². The molecule has 136 valence electrons. The summed E-state index contributed by atoms with van der Waals surface area (Å²) in [5.74, 6) is 1.70. The largest absolute Gasteiger partial charge is 0.497 e. The Morgan fingerprint density at radius 3 is 2.93 bits per heavy atom. The molecule has 0 N–H and O–H groups in total. The van der Waals surface area contributed by atoms with Crippen LogP contribution in [0.2, 0.25) is 5.02 Å². The summed E-state index contributed by atoms with van der Waals surface area (Å²) >= 11 is 7.95. The number of fused-ring (bicyclic) bond motifs is 3. The fourth-order valence-corrected chi connectivity index (χ4v) is 4.58. The summed E-state index contributed by atoms with van der Waals surface area (Å²) in [6.45, 7) is 0. The van der Waals surface area contributed by atoms with Crippen molar-refractivity contribution < 1.29 is 9.47 Å². The van der Waals surface area contributed by atoms with Crippen LogP contribution in [0, 0.1) is 0 Å². The Labute approximate surface area is 166 Å². The topological polar surface area (TPSA) is 34.1 Å². The van der Waals surface area contributed by atoms with Crippen LogP contribution in [0.5, 0.6) is 11.5 Å². The van der Waals surface area contributed by atoms with Crippen LogP contribution in [0.1, 0.15) is 34.7 Å². The normalized spacial score (nSPS) is 20.5. The molecule has 6 heteroatoms. The Hall–Kier alpha value is -2.50. The van der Waals surface area contributed by atoms with Gasteiger partial charge < -0.3 is 9.47 Å². The molecule has 1 aromatic heterocycles. The molecular weight excluding hydrogens is 380 g/mol. The van der Waals surface area contributed by atoms with Crippen molar-refractivity contribution in [1.82, 2.24) is 5.01 Å². The average Bonchev–Trinajstić information content (AvgIpc) is 3.38. The van der Waals surface area contributed by atoms with E-state index in [2.05, 4.69) is 22.5 Å². The van der Waals surface area contributed by atoms with Gasteiger partial charge in [0.25, 0.3) is 0 Å². The maximum absolute atomic E-state index is 6.32. The molecule has 0 aliphatic carbocycles. The third kappa shape index (κ3) is 2.87. The number of benzene rings is 2. The van der Waals surface area contributed by atoms with E-state index in [9.17, 15) is 0 Å². The zero-order valence-corrected chi connectivity index (χ0v) is 16.2. The summed E-state index contributed by atoms with van der Waals surface area (Å²) in [6.07, 6.45) is 0.568. The van der Waals surface area contributed by atoms with Crippen LogP contribution in [-0.2, 0) is 0 Å². The highest BCUT2D eigenvalue weighted by atomic mass is 35.5. The van der Waals surface area contributed by atoms with E-state index in [4.69, 9.17) is 26.2 Å². The van der Waals surface area contributed by atoms with Gasteiger partial charge in [0, 0.05) is 22.6 Å². The van der Waals surface area contributed by atoms with E-state index < -0.39 is 0 Å². The first kappa shape index (κ1) is 16.7. The van der Waals surface area contributed by atoms with Crippen LogP contribution in [0.4, 0.5) is 0 Å². The molecule has 0 bridgehead atoms. The van der Waals surface area contributed by atoms with Crippen LogP contribution in [-0.4, -0.2) is 17.8 Å². The van der Waals surface area contributed by atoms with Crippen molar-refractivity contribution in [2.45, 2.75) is 18.7 Å². The summed E-state index contributed by atoms with van der Waals surface area (Å²) in [5, 5.41) is 9.80. The molecule has 0 fully saturated rings. The van der Waals surface area contributed by atoms with Crippen LogP contribution >= 0.6 is 22.9 Å². The number of halogens is 1. The Morgan fingerprint density at radius 2 is 2.11 bits per heavy atom. The minimum Gasteiger partial charge on any atom is -0.497 e. The lowest BCUT2D eigenvalue weighted by Gasteiger charge is -2.37. The third-order valence-electron chi connectivity index (χ3n) is 4.94. The second-order valence-electron chi connectivity index (χ2n) is 6.55. The van der Waals surface area contributed by atoms with Gasteiger partial charge in [0.1, 0.15) is 11.5 Å². The Kier molecular flexibility index (Phi) is 4.06. The van der Waals surface area contributed by atoms with Gasteiger partial charge in [-0.15, -0.1) is 11.3 Å². The number of ether oxygens (including phenoxy) is 2. The quantitative estimate of drug-likeness (QED) is 0.573. The molecule has 0 unspecified atom stereocenters. The Balaban J connectivity index is 1.59. The molecule has 27 heavy (non-hydrogen) atoms. The van der Waals surface area contributed by atoms with Crippen LogP contribution in [0.25, 0.3) is 0 Å². The van der Waals surface area contributed by atoms with Crippen molar-refractivity contribution in [3.05, 3.63) is 81.0 Å². The highest BCUT2D eigenvalue weighted by molar-refractivity contribution is 7.10. The van der Waals surface area contributed by atoms with Gasteiger partial charge in [0.2, 0.25) is 6.23 Å². The zero-order chi connectivity index (χ0) is 18.4. The number of hydrogen-bond acceptors (Lipinski definition) is 5. The van der Waals surface area contributed by atoms with Gasteiger partial charge >= 0.3 is 0 Å². The molecule has 5 rings (SSSR count). The molecule has 3 aromatic rings. The predicted octanol–water partition coefficient (Wildman–Crippen LogP) is 5.65. The Bertz CT molecular complexity index is 1020. The fraction of sp³-hybridized carbons (Fsp3) is 0.190. The second kappa shape index (κ2) is 6.59. The van der Waals surface area contributed by atoms with Gasteiger partial charge in [-0.05, 0) is 41.8 Å². The zero-order valence-electron chi connectivity index (χ0n) is 14.6. The first-order valence-electron chi connectivity index (χ1n) is 8.72. The number of hydrogen-bond donors (Lipinski definition) is 0. The maximum Gasteiger partial charge on any atom is 0.222 e. The van der Waals surface area contributed by atoms with Crippen LogP contribution < -0.4 is 9.47 Å². The van der Waals surface area contributed by atoms with Crippen molar-refractivity contribution in [1.29, 1.82) is 0 Å². The van der Waals surface area contributed by atoms with Crippen molar-refractivity contribution in [3.8, 4) is 11.5 Å². The van der Waals surface area contributed by atoms with E-state index >= 15 is 0 Å². The summed E-state index contributed by atoms with van der Waals surface area (Å²) in [4.78, 5) is 1.14. The van der Waals surface area contributed by atoms with E-state index in [1.807, 2.05) is 42.5 Å². The van der Waals surface area contributed by atoms with E-state index in [0.717, 1.165) is 39.6 Å². The molecule has 2 aliphatic heterocycles. The highest BCUT2D eigenvalue weighted by Crippen LogP contribution is 2.48. The molecule has 0 amide bonds. The molecule has 0 radical (unpaired) electrons. The first-order valence-corrected chi connectivity index (χ1v) is 9.98. The highest BCUT2D eigenvalue weighted by Gasteiger charge is 2.41. The van der Waals surface area contributed by atoms with Gasteiger partial charge in [-0.1, -0.05) is 29.8 Å². The van der Waals surface area contributed by atoms with E-state index in [1.54, 1.807) is 18.4 Å². The fourth-order valence-electron chi connectivity index (χ4n) is 3.65. The lowest BCUT2D eigenvalue weighted by molar-refractivity contribution is -0.0165. The van der Waals surface area contributed by atoms with Crippen molar-refractivity contribution >= 4 is 28.6 Å². The van der Waals surface area contributed by atoms with Gasteiger partial charge in [-0.2, -0.15) is 5.10 Å². The minimum atomic E-state index is -0.230. The molecule has 2 aromatic carbocycles. The average molecular weight is 397 g/mol. The third-order valence-corrected chi connectivity index (χ3v) is 6.08. The number of rotatable bonds is 3. The van der Waals surface area contributed by atoms with Gasteiger partial charge in [-0.25, -0.2) is 5.01 Å². The molecule has 4 nitrogen and oxygen atoms in total. The number of nitrogens with zero attached hydrogens (tertiary/aromatic N) is 2. The van der Waals surface area contributed by atoms with E-state index in [0.29, 0.717) is 5.02 Å². The van der Waals surface area contributed by atoms with Crippen molar-refractivity contribution in [2.24, 2.45) is 5.10 Å². The van der Waals surface area contributed by atoms with Gasteiger partial charge in [0.15, 0.2) is 0 Å². The number of hydrazone groups is 1. The van der Waals surface area contributed by atoms with Crippen molar-refractivity contribution in [2.75, 3.05) is 7.11 Å². The number of thiophene rings is 1. The molecule has 2 aliphatic rings. The maximum atomic E-state index is 6.32. The Morgan fingerprint density at radius 1 is 1.19 bits per heavy atom. The first-order chi connectivity index (χ1) is 13.2. The molecule has 0 spiro atoms. The molecule has 0 saturated heterocycles.